The normalized spacial score (nSPS) is 11.2. The van der Waals surface area contributed by atoms with E-state index in [0.717, 1.165) is 99.3 Å². The van der Waals surface area contributed by atoms with Crippen molar-refractivity contribution in [3.63, 3.8) is 0 Å². The average Bonchev–Trinajstić information content (AvgIpc) is 0.857. The smallest absolute Gasteiger partial charge is 0.166 e. The van der Waals surface area contributed by atoms with Crippen LogP contribution >= 0.6 is 15.9 Å². The lowest BCUT2D eigenvalue weighted by Gasteiger charge is -2.16. The van der Waals surface area contributed by atoms with Crippen LogP contribution in [0.25, 0.3) is 43.6 Å². The third-order valence-electron chi connectivity index (χ3n) is 15.6. The van der Waals surface area contributed by atoms with E-state index in [0.29, 0.717) is 92.0 Å². The van der Waals surface area contributed by atoms with E-state index >= 15 is 0 Å². The van der Waals surface area contributed by atoms with Crippen LogP contribution in [-0.2, 0) is 25.7 Å². The summed E-state index contributed by atoms with van der Waals surface area (Å²) in [6, 6.07) is 49.0. The molecule has 12 rings (SSSR count). The number of aromatic hydroxyl groups is 1. The molecule has 0 radical (unpaired) electrons. The average molecular weight is 1350 g/mol. The molecule has 0 bridgehead atoms. The Bertz CT molecular complexity index is 4620. The summed E-state index contributed by atoms with van der Waals surface area (Å²) in [5.41, 5.74) is 12.6. The highest BCUT2D eigenvalue weighted by Gasteiger charge is 2.19. The number of rotatable bonds is 20. The van der Waals surface area contributed by atoms with Gasteiger partial charge in [-0.15, -0.1) is 0 Å². The predicted molar refractivity (Wildman–Crippen MR) is 371 cm³/mol. The maximum absolute atomic E-state index is 13.0. The number of aromatic nitrogens is 4. The van der Waals surface area contributed by atoms with E-state index in [9.17, 15) is 37.4 Å². The van der Waals surface area contributed by atoms with Crippen molar-refractivity contribution in [3.05, 3.63) is 284 Å². The summed E-state index contributed by atoms with van der Waals surface area (Å²) in [6.45, 7) is 12.9. The van der Waals surface area contributed by atoms with E-state index < -0.39 is 6.10 Å². The fraction of sp³-hybridized carbons (Fsp3) is 0.215. The molecule has 8 aromatic carbocycles. The molecule has 2 N–H and O–H groups in total. The number of carbonyl (C=O) groups excluding carboxylic acids is 2. The largest absolute Gasteiger partial charge is 0.505 e. The number of fused-ring (bicyclic) bond motifs is 4. The number of benzene rings is 8. The van der Waals surface area contributed by atoms with Gasteiger partial charge in [0.1, 0.15) is 45.3 Å². The lowest BCUT2D eigenvalue weighted by Crippen LogP contribution is -2.04. The molecule has 0 aliphatic heterocycles. The summed E-state index contributed by atoms with van der Waals surface area (Å²) in [5, 5.41) is 24.2. The molecule has 0 aliphatic carbocycles. The van der Waals surface area contributed by atoms with Gasteiger partial charge in [0.05, 0.1) is 41.5 Å². The number of ketones is 2. The minimum atomic E-state index is -0.563. The Hall–Kier alpha value is -9.90. The van der Waals surface area contributed by atoms with Gasteiger partial charge in [0, 0.05) is 64.7 Å². The molecule has 0 saturated carbocycles. The lowest BCUT2D eigenvalue weighted by molar-refractivity contribution is 0.0977. The second-order valence-electron chi connectivity index (χ2n) is 22.4. The van der Waals surface area contributed by atoms with Crippen LogP contribution in [0.4, 0.5) is 17.6 Å². The number of phenols is 1. The number of hydrogen-bond donors (Lipinski definition) is 2. The number of Topliss-reactive ketones (excluding diaryl/α,β-unsaturated/α-hetero) is 2. The van der Waals surface area contributed by atoms with Crippen LogP contribution in [0.15, 0.2) is 199 Å². The Morgan fingerprint density at radius 2 is 0.716 bits per heavy atom. The van der Waals surface area contributed by atoms with Gasteiger partial charge in [-0.2, -0.15) is 0 Å². The first kappa shape index (κ1) is 69.4. The van der Waals surface area contributed by atoms with E-state index in [4.69, 9.17) is 14.2 Å². The maximum atomic E-state index is 13.0. The highest BCUT2D eigenvalue weighted by Crippen LogP contribution is 2.37. The van der Waals surface area contributed by atoms with Gasteiger partial charge in [0.15, 0.2) is 34.6 Å². The fourth-order valence-corrected chi connectivity index (χ4v) is 11.2. The van der Waals surface area contributed by atoms with Crippen molar-refractivity contribution in [1.29, 1.82) is 0 Å². The first-order valence-electron chi connectivity index (χ1n) is 31.6. The van der Waals surface area contributed by atoms with Crippen molar-refractivity contribution >= 4 is 71.1 Å². The molecule has 95 heavy (non-hydrogen) atoms. The Labute approximate surface area is 558 Å². The zero-order valence-corrected chi connectivity index (χ0v) is 55.3. The van der Waals surface area contributed by atoms with Crippen LogP contribution in [0.5, 0.6) is 23.0 Å². The molecule has 0 fully saturated rings. The number of hydrogen-bond acceptors (Lipinski definition) is 11. The Balaban J connectivity index is 0.000000149. The number of aliphatic hydroxyl groups excluding tert-OH is 1. The van der Waals surface area contributed by atoms with Gasteiger partial charge in [-0.25, -0.2) is 17.6 Å². The molecule has 11 nitrogen and oxygen atoms in total. The monoisotopic (exact) mass is 1340 g/mol. The summed E-state index contributed by atoms with van der Waals surface area (Å²) in [6.07, 6.45) is 10.6. The molecule has 4 heterocycles. The number of phenolic OH excluding ortho intramolecular Hbond substituents is 1. The second kappa shape index (κ2) is 33.3. The summed E-state index contributed by atoms with van der Waals surface area (Å²) < 4.78 is 70.0. The van der Waals surface area contributed by atoms with Crippen LogP contribution in [0.3, 0.4) is 0 Å². The Morgan fingerprint density at radius 3 is 1.11 bits per heavy atom. The van der Waals surface area contributed by atoms with Gasteiger partial charge in [-0.3, -0.25) is 29.5 Å². The molecule has 12 aromatic rings. The minimum Gasteiger partial charge on any atom is -0.505 e. The van der Waals surface area contributed by atoms with Crippen molar-refractivity contribution in [3.8, 4) is 23.0 Å². The third-order valence-corrected chi connectivity index (χ3v) is 16.2. The van der Waals surface area contributed by atoms with Gasteiger partial charge in [0.25, 0.3) is 0 Å². The molecular formula is C79H73BrF4N4O7. The van der Waals surface area contributed by atoms with Crippen molar-refractivity contribution in [2.24, 2.45) is 0 Å². The summed E-state index contributed by atoms with van der Waals surface area (Å²) in [5.74, 6) is 0.900. The first-order valence-corrected chi connectivity index (χ1v) is 32.4. The maximum Gasteiger partial charge on any atom is 0.166 e. The van der Waals surface area contributed by atoms with Gasteiger partial charge in [0.2, 0.25) is 0 Å². The quantitative estimate of drug-likeness (QED) is 0.0554. The van der Waals surface area contributed by atoms with Crippen molar-refractivity contribution in [2.45, 2.75) is 92.6 Å². The van der Waals surface area contributed by atoms with Gasteiger partial charge in [-0.1, -0.05) is 99.6 Å². The lowest BCUT2D eigenvalue weighted by atomic mass is 10.0. The number of carbonyl (C=O) groups is 2. The van der Waals surface area contributed by atoms with E-state index in [-0.39, 0.29) is 40.6 Å². The molecule has 4 aromatic heterocycles. The van der Waals surface area contributed by atoms with Crippen LogP contribution < -0.4 is 14.2 Å². The molecule has 0 aliphatic rings. The van der Waals surface area contributed by atoms with Crippen molar-refractivity contribution in [2.75, 3.05) is 19.8 Å². The molecule has 0 amide bonds. The highest BCUT2D eigenvalue weighted by atomic mass is 79.9. The third kappa shape index (κ3) is 18.1. The Morgan fingerprint density at radius 1 is 0.400 bits per heavy atom. The zero-order chi connectivity index (χ0) is 67.5. The molecule has 16 heteroatoms. The van der Waals surface area contributed by atoms with Gasteiger partial charge < -0.3 is 24.4 Å². The van der Waals surface area contributed by atoms with E-state index in [2.05, 4.69) is 48.0 Å². The first-order chi connectivity index (χ1) is 46.0. The molecule has 1 unspecified atom stereocenters. The number of aliphatic hydroxyl groups is 1. The SMILES string of the molecule is CCC(=O)c1ccc2cc(Cc3ccc(F)cc3)cnc2c1O.CCOc1c(Br)ccc2cc(Cc3ccc(F)cc3)cnc12.CCOc1c(C(=O)CC)ccc2cc(Cc3ccc(F)cc3)cnc12.CCOc1c(C(O)CC)ccc2cc(Cc3ccc(F)cc3)cnc12. The van der Waals surface area contributed by atoms with Crippen molar-refractivity contribution < 1.29 is 51.6 Å². The molecule has 1 atom stereocenters. The summed E-state index contributed by atoms with van der Waals surface area (Å²) in [4.78, 5) is 41.9. The van der Waals surface area contributed by atoms with Crippen LogP contribution in [0.2, 0.25) is 0 Å². The Kier molecular flexibility index (Phi) is 24.3. The summed E-state index contributed by atoms with van der Waals surface area (Å²) >= 11 is 3.50. The van der Waals surface area contributed by atoms with Gasteiger partial charge in [-0.05, 0) is 204 Å². The topological polar surface area (TPSA) is 154 Å². The number of halogens is 5. The molecular weight excluding hydrogens is 1270 g/mol. The zero-order valence-electron chi connectivity index (χ0n) is 53.7. The molecule has 486 valence electrons. The standard InChI is InChI=1S/C21H22FNO2.C21H20FNO2.C19H16FNO2.C18H15BrFNO/c2*1-3-19(24)18-10-7-16-12-15(11-14-5-8-17(22)9-6-14)13-23-20(16)21(18)25-4-2;1-2-17(22)16-8-5-14-10-13(11-21-18(14)19(16)23)9-12-3-6-15(20)7-4-12;1-2-22-18-16(19)8-5-14-10-13(11-21-17(14)18)9-12-3-6-15(20)7-4-12/h5-10,12-13,19,24H,3-4,11H2,1-2H3;5-10,12-13H,3-4,11H2,1-2H3;3-8,10-11,23H,2,9H2,1H3;3-8,10-11H,2,9H2,1H3. The van der Waals surface area contributed by atoms with Gasteiger partial charge >= 0.3 is 0 Å². The predicted octanol–water partition coefficient (Wildman–Crippen LogP) is 19.2. The number of ether oxygens (including phenoxy) is 3. The van der Waals surface area contributed by atoms with E-state index in [1.807, 2.05) is 95.5 Å². The second-order valence-corrected chi connectivity index (χ2v) is 23.3. The summed E-state index contributed by atoms with van der Waals surface area (Å²) in [7, 11) is 0. The molecule has 0 saturated heterocycles. The minimum absolute atomic E-state index is 0.0440. The molecule has 0 spiro atoms. The van der Waals surface area contributed by atoms with Crippen LogP contribution in [0.1, 0.15) is 138 Å². The number of nitrogens with zero attached hydrogens (tertiary/aromatic N) is 4. The highest BCUT2D eigenvalue weighted by molar-refractivity contribution is 9.10. The van der Waals surface area contributed by atoms with Crippen LogP contribution in [0, 0.1) is 23.3 Å². The fourth-order valence-electron chi connectivity index (χ4n) is 10.8. The number of pyridine rings is 4. The van der Waals surface area contributed by atoms with E-state index in [1.165, 1.54) is 48.5 Å². The van der Waals surface area contributed by atoms with E-state index in [1.54, 1.807) is 80.0 Å². The van der Waals surface area contributed by atoms with Crippen molar-refractivity contribution in [1.82, 2.24) is 19.9 Å². The van der Waals surface area contributed by atoms with Crippen LogP contribution in [-0.4, -0.2) is 61.5 Å².